The third-order valence-corrected chi connectivity index (χ3v) is 5.40. The van der Waals surface area contributed by atoms with E-state index in [9.17, 15) is 9.59 Å². The summed E-state index contributed by atoms with van der Waals surface area (Å²) in [4.78, 5) is 24.5. The van der Waals surface area contributed by atoms with Gasteiger partial charge in [-0.15, -0.1) is 0 Å². The number of carbonyl (C=O) groups excluding carboxylic acids is 2. The molecule has 1 aliphatic rings. The molecule has 132 valence electrons. The largest absolute Gasteiger partial charge is 0.452 e. The van der Waals surface area contributed by atoms with Crippen LogP contribution in [0, 0.1) is 11.8 Å². The maximum Gasteiger partial charge on any atom is 0.339 e. The first kappa shape index (κ1) is 17.5. The molecule has 4 nitrogen and oxygen atoms in total. The normalized spacial score (nSPS) is 23.2. The van der Waals surface area contributed by atoms with Crippen molar-refractivity contribution in [3.05, 3.63) is 48.0 Å². The van der Waals surface area contributed by atoms with Gasteiger partial charge in [0.05, 0.1) is 5.56 Å². The molecule has 1 fully saturated rings. The van der Waals surface area contributed by atoms with Crippen molar-refractivity contribution in [1.29, 1.82) is 0 Å². The van der Waals surface area contributed by atoms with E-state index in [4.69, 9.17) is 4.74 Å². The van der Waals surface area contributed by atoms with Gasteiger partial charge in [-0.25, -0.2) is 4.79 Å². The molecule has 0 bridgehead atoms. The maximum absolute atomic E-state index is 12.4. The molecule has 2 aromatic rings. The number of fused-ring (bicyclic) bond motifs is 1. The zero-order valence-electron chi connectivity index (χ0n) is 14.8. The van der Waals surface area contributed by atoms with Crippen molar-refractivity contribution >= 4 is 22.6 Å². The Hall–Kier alpha value is -2.36. The van der Waals surface area contributed by atoms with Crippen molar-refractivity contribution in [3.63, 3.8) is 0 Å². The average Bonchev–Trinajstić information content (AvgIpc) is 2.63. The molecule has 0 radical (unpaired) electrons. The fraction of sp³-hybridized carbons (Fsp3) is 0.429. The minimum Gasteiger partial charge on any atom is -0.452 e. The van der Waals surface area contributed by atoms with Gasteiger partial charge in [-0.2, -0.15) is 0 Å². The summed E-state index contributed by atoms with van der Waals surface area (Å²) in [5, 5.41) is 4.84. The van der Waals surface area contributed by atoms with E-state index in [1.807, 2.05) is 36.4 Å². The van der Waals surface area contributed by atoms with Crippen LogP contribution in [0.15, 0.2) is 42.5 Å². The van der Waals surface area contributed by atoms with Crippen molar-refractivity contribution in [2.45, 2.75) is 39.2 Å². The zero-order valence-corrected chi connectivity index (χ0v) is 14.8. The fourth-order valence-electron chi connectivity index (χ4n) is 3.65. The minimum atomic E-state index is -0.461. The number of benzene rings is 2. The Bertz CT molecular complexity index is 765. The molecule has 1 N–H and O–H groups in total. The van der Waals surface area contributed by atoms with Crippen LogP contribution in [0.3, 0.4) is 0 Å². The van der Waals surface area contributed by atoms with Crippen LogP contribution in [-0.4, -0.2) is 24.5 Å². The molecule has 0 aromatic heterocycles. The van der Waals surface area contributed by atoms with Crippen LogP contribution in [0.1, 0.15) is 43.5 Å². The molecule has 25 heavy (non-hydrogen) atoms. The predicted molar refractivity (Wildman–Crippen MR) is 98.3 cm³/mol. The lowest BCUT2D eigenvalue weighted by Gasteiger charge is -2.34. The van der Waals surface area contributed by atoms with Crippen LogP contribution in [0.25, 0.3) is 10.8 Å². The van der Waals surface area contributed by atoms with Gasteiger partial charge in [0.2, 0.25) is 0 Å². The molecule has 0 saturated heterocycles. The second-order valence-corrected chi connectivity index (χ2v) is 7.04. The van der Waals surface area contributed by atoms with Gasteiger partial charge in [0.15, 0.2) is 6.61 Å². The first-order valence-electron chi connectivity index (χ1n) is 9.00. The van der Waals surface area contributed by atoms with Crippen LogP contribution in [0.4, 0.5) is 0 Å². The van der Waals surface area contributed by atoms with E-state index in [0.29, 0.717) is 17.4 Å². The highest BCUT2D eigenvalue weighted by Gasteiger charge is 2.28. The van der Waals surface area contributed by atoms with Crippen LogP contribution in [0.2, 0.25) is 0 Å². The third-order valence-electron chi connectivity index (χ3n) is 5.40. The van der Waals surface area contributed by atoms with Gasteiger partial charge >= 0.3 is 5.97 Å². The first-order valence-corrected chi connectivity index (χ1v) is 9.00. The average molecular weight is 339 g/mol. The Labute approximate surface area is 148 Å². The first-order chi connectivity index (χ1) is 12.1. The van der Waals surface area contributed by atoms with Gasteiger partial charge in [-0.1, -0.05) is 63.1 Å². The van der Waals surface area contributed by atoms with Crippen molar-refractivity contribution in [3.8, 4) is 0 Å². The van der Waals surface area contributed by atoms with Crippen LogP contribution < -0.4 is 5.32 Å². The Morgan fingerprint density at radius 3 is 2.68 bits per heavy atom. The number of ether oxygens (including phenoxy) is 1. The second-order valence-electron chi connectivity index (χ2n) is 7.04. The summed E-state index contributed by atoms with van der Waals surface area (Å²) in [5.74, 6) is 0.375. The lowest BCUT2D eigenvalue weighted by Crippen LogP contribution is -2.45. The highest BCUT2D eigenvalue weighted by Crippen LogP contribution is 2.29. The van der Waals surface area contributed by atoms with Gasteiger partial charge < -0.3 is 10.1 Å². The van der Waals surface area contributed by atoms with Gasteiger partial charge in [0.25, 0.3) is 5.91 Å². The lowest BCUT2D eigenvalue weighted by molar-refractivity contribution is -0.125. The summed E-state index contributed by atoms with van der Waals surface area (Å²) in [7, 11) is 0. The standard InChI is InChI=1S/C21H25NO3/c1-14-7-5-12-19(15(14)2)22-20(23)13-25-21(24)18-11-6-9-16-8-3-4-10-17(16)18/h3-4,6,8-11,14-15,19H,5,7,12-13H2,1-2H3,(H,22,23)/t14-,15+,19+/m0/s1. The highest BCUT2D eigenvalue weighted by atomic mass is 16.5. The molecular formula is C21H25NO3. The van der Waals surface area contributed by atoms with Crippen molar-refractivity contribution in [2.24, 2.45) is 11.8 Å². The number of carbonyl (C=O) groups is 2. The van der Waals surface area contributed by atoms with Crippen LogP contribution in [-0.2, 0) is 9.53 Å². The molecule has 0 spiro atoms. The summed E-state index contributed by atoms with van der Waals surface area (Å²) in [5.41, 5.74) is 0.491. The van der Waals surface area contributed by atoms with E-state index in [1.54, 1.807) is 6.07 Å². The molecule has 3 atom stereocenters. The molecule has 0 heterocycles. The summed E-state index contributed by atoms with van der Waals surface area (Å²) in [6.45, 7) is 4.17. The van der Waals surface area contributed by atoms with E-state index in [0.717, 1.165) is 23.6 Å². The van der Waals surface area contributed by atoms with E-state index < -0.39 is 5.97 Å². The van der Waals surface area contributed by atoms with Gasteiger partial charge in [-0.05, 0) is 35.1 Å². The number of hydrogen-bond donors (Lipinski definition) is 1. The SMILES string of the molecule is C[C@@H]1[C@@H](C)CCC[C@H]1NC(=O)COC(=O)c1cccc2ccccc12. The molecule has 2 aromatic carbocycles. The van der Waals surface area contributed by atoms with Gasteiger partial charge in [0.1, 0.15) is 0 Å². The number of nitrogens with one attached hydrogen (secondary N) is 1. The van der Waals surface area contributed by atoms with Crippen LogP contribution in [0.5, 0.6) is 0 Å². The van der Waals surface area contributed by atoms with E-state index in [2.05, 4.69) is 19.2 Å². The number of hydrogen-bond acceptors (Lipinski definition) is 3. The van der Waals surface area contributed by atoms with Crippen LogP contribution >= 0.6 is 0 Å². The van der Waals surface area contributed by atoms with Crippen molar-refractivity contribution in [1.82, 2.24) is 5.32 Å². The quantitative estimate of drug-likeness (QED) is 0.859. The number of esters is 1. The number of amides is 1. The molecule has 0 aliphatic heterocycles. The summed E-state index contributed by atoms with van der Waals surface area (Å²) < 4.78 is 5.25. The summed E-state index contributed by atoms with van der Waals surface area (Å²) >= 11 is 0. The summed E-state index contributed by atoms with van der Waals surface area (Å²) in [6, 6.07) is 13.3. The smallest absolute Gasteiger partial charge is 0.339 e. The Balaban J connectivity index is 1.59. The lowest BCUT2D eigenvalue weighted by atomic mass is 9.78. The van der Waals surface area contributed by atoms with Gasteiger partial charge in [-0.3, -0.25) is 4.79 Å². The Kier molecular flexibility index (Phi) is 5.37. The molecule has 1 aliphatic carbocycles. The minimum absolute atomic E-state index is 0.174. The van der Waals surface area contributed by atoms with Crippen molar-refractivity contribution in [2.75, 3.05) is 6.61 Å². The monoisotopic (exact) mass is 339 g/mol. The number of rotatable bonds is 4. The van der Waals surface area contributed by atoms with Gasteiger partial charge in [0, 0.05) is 6.04 Å². The van der Waals surface area contributed by atoms with E-state index in [1.165, 1.54) is 6.42 Å². The Morgan fingerprint density at radius 1 is 1.08 bits per heavy atom. The molecule has 1 saturated carbocycles. The zero-order chi connectivity index (χ0) is 17.8. The second kappa shape index (κ2) is 7.68. The third kappa shape index (κ3) is 4.01. The molecular weight excluding hydrogens is 314 g/mol. The predicted octanol–water partition coefficient (Wildman–Crippen LogP) is 3.94. The highest BCUT2D eigenvalue weighted by molar-refractivity contribution is 6.04. The topological polar surface area (TPSA) is 55.4 Å². The van der Waals surface area contributed by atoms with E-state index >= 15 is 0 Å². The Morgan fingerprint density at radius 2 is 1.84 bits per heavy atom. The molecule has 3 rings (SSSR count). The molecule has 1 amide bonds. The fourth-order valence-corrected chi connectivity index (χ4v) is 3.65. The summed E-state index contributed by atoms with van der Waals surface area (Å²) in [6.07, 6.45) is 3.34. The van der Waals surface area contributed by atoms with E-state index in [-0.39, 0.29) is 18.6 Å². The van der Waals surface area contributed by atoms with Crippen molar-refractivity contribution < 1.29 is 14.3 Å². The maximum atomic E-state index is 12.4. The molecule has 4 heteroatoms. The molecule has 0 unspecified atom stereocenters.